The van der Waals surface area contributed by atoms with Crippen LogP contribution in [0.5, 0.6) is 11.5 Å². The summed E-state index contributed by atoms with van der Waals surface area (Å²) < 4.78 is 10.8. The van der Waals surface area contributed by atoms with Crippen molar-refractivity contribution in [1.29, 1.82) is 0 Å². The second-order valence-electron chi connectivity index (χ2n) is 5.75. The maximum atomic E-state index is 12.1. The fraction of sp³-hybridized carbons (Fsp3) is 0.143. The maximum Gasteiger partial charge on any atom is 0.265 e. The molecule has 0 spiro atoms. The number of anilines is 2. The van der Waals surface area contributed by atoms with Gasteiger partial charge in [-0.25, -0.2) is 0 Å². The molecular formula is C21H20N2O4S. The molecule has 2 aromatic carbocycles. The topological polar surface area (TPSA) is 76.7 Å². The summed E-state index contributed by atoms with van der Waals surface area (Å²) >= 11 is 1.37. The van der Waals surface area contributed by atoms with Crippen molar-refractivity contribution in [3.8, 4) is 11.5 Å². The molecule has 0 aliphatic heterocycles. The van der Waals surface area contributed by atoms with Crippen LogP contribution >= 0.6 is 11.3 Å². The number of hydrogen-bond acceptors (Lipinski definition) is 5. The van der Waals surface area contributed by atoms with E-state index >= 15 is 0 Å². The zero-order valence-corrected chi connectivity index (χ0v) is 16.1. The molecule has 2 N–H and O–H groups in total. The molecule has 0 saturated heterocycles. The van der Waals surface area contributed by atoms with Gasteiger partial charge in [-0.05, 0) is 60.8 Å². The molecule has 144 valence electrons. The molecule has 1 heterocycles. The predicted octanol–water partition coefficient (Wildman–Crippen LogP) is 4.42. The zero-order chi connectivity index (χ0) is 19.8. The second-order valence-corrected chi connectivity index (χ2v) is 6.70. The number of carbonyl (C=O) groups is 2. The third-order valence-corrected chi connectivity index (χ3v) is 4.52. The van der Waals surface area contributed by atoms with Crippen LogP contribution in [0.3, 0.4) is 0 Å². The summed E-state index contributed by atoms with van der Waals surface area (Å²) in [6.45, 7) is 2.38. The third-order valence-electron chi connectivity index (χ3n) is 3.65. The molecule has 0 radical (unpaired) electrons. The normalized spacial score (nSPS) is 10.2. The number of thiophene rings is 1. The molecular weight excluding hydrogens is 376 g/mol. The Morgan fingerprint density at radius 2 is 1.57 bits per heavy atom. The van der Waals surface area contributed by atoms with Crippen molar-refractivity contribution in [1.82, 2.24) is 0 Å². The molecule has 3 rings (SSSR count). The van der Waals surface area contributed by atoms with Crippen LogP contribution < -0.4 is 20.1 Å². The summed E-state index contributed by atoms with van der Waals surface area (Å²) in [7, 11) is 0. The molecule has 3 aromatic rings. The Morgan fingerprint density at radius 3 is 2.21 bits per heavy atom. The van der Waals surface area contributed by atoms with E-state index in [2.05, 4.69) is 10.6 Å². The monoisotopic (exact) mass is 396 g/mol. The molecule has 1 aromatic heterocycles. The van der Waals surface area contributed by atoms with E-state index in [4.69, 9.17) is 9.47 Å². The Kier molecular flexibility index (Phi) is 6.64. The van der Waals surface area contributed by atoms with E-state index < -0.39 is 0 Å². The van der Waals surface area contributed by atoms with E-state index in [1.807, 2.05) is 18.4 Å². The van der Waals surface area contributed by atoms with Crippen molar-refractivity contribution in [3.63, 3.8) is 0 Å². The predicted molar refractivity (Wildman–Crippen MR) is 110 cm³/mol. The Bertz CT molecular complexity index is 924. The smallest absolute Gasteiger partial charge is 0.265 e. The number of carbonyl (C=O) groups excluding carboxylic acids is 2. The van der Waals surface area contributed by atoms with Crippen LogP contribution in [0, 0.1) is 0 Å². The average Bonchev–Trinajstić information content (AvgIpc) is 3.23. The van der Waals surface area contributed by atoms with Crippen LogP contribution in [0.4, 0.5) is 11.4 Å². The minimum absolute atomic E-state index is 0.125. The van der Waals surface area contributed by atoms with Crippen LogP contribution in [0.25, 0.3) is 0 Å². The largest absolute Gasteiger partial charge is 0.494 e. The fourth-order valence-electron chi connectivity index (χ4n) is 2.42. The summed E-state index contributed by atoms with van der Waals surface area (Å²) in [4.78, 5) is 24.9. The van der Waals surface area contributed by atoms with E-state index in [0.717, 1.165) is 5.75 Å². The van der Waals surface area contributed by atoms with Crippen LogP contribution in [-0.2, 0) is 4.79 Å². The lowest BCUT2D eigenvalue weighted by Crippen LogP contribution is -2.20. The lowest BCUT2D eigenvalue weighted by atomic mass is 10.2. The van der Waals surface area contributed by atoms with Gasteiger partial charge in [-0.3, -0.25) is 9.59 Å². The van der Waals surface area contributed by atoms with E-state index in [1.165, 1.54) is 11.3 Å². The highest BCUT2D eigenvalue weighted by Gasteiger charge is 2.08. The standard InChI is InChI=1S/C21H20N2O4S/c1-2-26-17-8-10-18(11-9-17)27-14-20(24)22-15-5-3-6-16(13-15)23-21(25)19-7-4-12-28-19/h3-13H,2,14H2,1H3,(H,22,24)(H,23,25). The Morgan fingerprint density at radius 1 is 0.893 bits per heavy atom. The van der Waals surface area contributed by atoms with Gasteiger partial charge >= 0.3 is 0 Å². The molecule has 0 bridgehead atoms. The van der Waals surface area contributed by atoms with Crippen molar-refractivity contribution >= 4 is 34.5 Å². The van der Waals surface area contributed by atoms with Gasteiger partial charge in [0, 0.05) is 11.4 Å². The molecule has 0 aliphatic carbocycles. The second kappa shape index (κ2) is 9.57. The maximum absolute atomic E-state index is 12.1. The first-order valence-electron chi connectivity index (χ1n) is 8.74. The first-order valence-corrected chi connectivity index (χ1v) is 9.62. The van der Waals surface area contributed by atoms with Crippen LogP contribution in [0.2, 0.25) is 0 Å². The van der Waals surface area contributed by atoms with Gasteiger partial charge in [0.05, 0.1) is 11.5 Å². The first-order chi connectivity index (χ1) is 13.6. The van der Waals surface area contributed by atoms with E-state index in [-0.39, 0.29) is 18.4 Å². The number of nitrogens with one attached hydrogen (secondary N) is 2. The van der Waals surface area contributed by atoms with Crippen molar-refractivity contribution in [3.05, 3.63) is 70.9 Å². The highest BCUT2D eigenvalue weighted by atomic mass is 32.1. The van der Waals surface area contributed by atoms with Gasteiger partial charge in [0.25, 0.3) is 11.8 Å². The molecule has 28 heavy (non-hydrogen) atoms. The van der Waals surface area contributed by atoms with Gasteiger partial charge in [0.2, 0.25) is 0 Å². The van der Waals surface area contributed by atoms with E-state index in [0.29, 0.717) is 28.6 Å². The summed E-state index contributed by atoms with van der Waals surface area (Å²) in [6, 6.07) is 17.6. The Labute approximate surface area is 167 Å². The van der Waals surface area contributed by atoms with Gasteiger partial charge < -0.3 is 20.1 Å². The van der Waals surface area contributed by atoms with Crippen LogP contribution in [0.1, 0.15) is 16.6 Å². The highest BCUT2D eigenvalue weighted by molar-refractivity contribution is 7.12. The molecule has 7 heteroatoms. The SMILES string of the molecule is CCOc1ccc(OCC(=O)Nc2cccc(NC(=O)c3cccs3)c2)cc1. The summed E-state index contributed by atoms with van der Waals surface area (Å²) in [5.74, 6) is 0.851. The van der Waals surface area contributed by atoms with Gasteiger partial charge in [0.15, 0.2) is 6.61 Å². The lowest BCUT2D eigenvalue weighted by molar-refractivity contribution is -0.118. The number of rotatable bonds is 8. The Hall–Kier alpha value is -3.32. The molecule has 0 fully saturated rings. The van der Waals surface area contributed by atoms with E-state index in [9.17, 15) is 9.59 Å². The van der Waals surface area contributed by atoms with Gasteiger partial charge in [-0.15, -0.1) is 11.3 Å². The van der Waals surface area contributed by atoms with Crippen molar-refractivity contribution in [2.24, 2.45) is 0 Å². The zero-order valence-electron chi connectivity index (χ0n) is 15.3. The first kappa shape index (κ1) is 19.4. The highest BCUT2D eigenvalue weighted by Crippen LogP contribution is 2.19. The van der Waals surface area contributed by atoms with E-state index in [1.54, 1.807) is 54.6 Å². The summed E-state index contributed by atoms with van der Waals surface area (Å²) in [5, 5.41) is 7.41. The van der Waals surface area contributed by atoms with Crippen LogP contribution in [0.15, 0.2) is 66.0 Å². The molecule has 0 unspecified atom stereocenters. The fourth-order valence-corrected chi connectivity index (χ4v) is 3.04. The van der Waals surface area contributed by atoms with Gasteiger partial charge in [0.1, 0.15) is 11.5 Å². The van der Waals surface area contributed by atoms with Gasteiger partial charge in [-0.2, -0.15) is 0 Å². The molecule has 0 atom stereocenters. The number of benzene rings is 2. The summed E-state index contributed by atoms with van der Waals surface area (Å²) in [6.07, 6.45) is 0. The number of ether oxygens (including phenoxy) is 2. The minimum Gasteiger partial charge on any atom is -0.494 e. The lowest BCUT2D eigenvalue weighted by Gasteiger charge is -2.10. The molecule has 2 amide bonds. The van der Waals surface area contributed by atoms with Crippen molar-refractivity contribution in [2.45, 2.75) is 6.92 Å². The summed E-state index contributed by atoms with van der Waals surface area (Å²) in [5.41, 5.74) is 1.17. The average molecular weight is 396 g/mol. The van der Waals surface area contributed by atoms with Crippen molar-refractivity contribution < 1.29 is 19.1 Å². The Balaban J connectivity index is 1.51. The van der Waals surface area contributed by atoms with Crippen LogP contribution in [-0.4, -0.2) is 25.0 Å². The van der Waals surface area contributed by atoms with Gasteiger partial charge in [-0.1, -0.05) is 12.1 Å². The molecule has 0 saturated carbocycles. The molecule has 6 nitrogen and oxygen atoms in total. The van der Waals surface area contributed by atoms with Crippen molar-refractivity contribution in [2.75, 3.05) is 23.8 Å². The molecule has 0 aliphatic rings. The third kappa shape index (κ3) is 5.59. The minimum atomic E-state index is -0.296. The number of amides is 2. The quantitative estimate of drug-likeness (QED) is 0.591. The number of hydrogen-bond donors (Lipinski definition) is 2.